The minimum atomic E-state index is -2.68. The summed E-state index contributed by atoms with van der Waals surface area (Å²) in [5, 5.41) is 3.83. The largest absolute Gasteiger partial charge is 0.336 e. The molecule has 2 heterocycles. The van der Waals surface area contributed by atoms with Gasteiger partial charge in [-0.2, -0.15) is 13.9 Å². The van der Waals surface area contributed by atoms with Crippen molar-refractivity contribution in [3.8, 4) is 11.1 Å². The molecule has 0 spiro atoms. The Bertz CT molecular complexity index is 795. The van der Waals surface area contributed by atoms with Gasteiger partial charge in [0.1, 0.15) is 0 Å². The number of amides is 1. The summed E-state index contributed by atoms with van der Waals surface area (Å²) in [5.74, 6) is -0.0380. The fourth-order valence-electron chi connectivity index (χ4n) is 3.18. The predicted octanol–water partition coefficient (Wildman–Crippen LogP) is 3.20. The quantitative estimate of drug-likeness (QED) is 0.769. The van der Waals surface area contributed by atoms with E-state index in [4.69, 9.17) is 0 Å². The van der Waals surface area contributed by atoms with Gasteiger partial charge in [0.15, 0.2) is 0 Å². The average molecular weight is 360 g/mol. The van der Waals surface area contributed by atoms with Crippen LogP contribution >= 0.6 is 0 Å². The summed E-state index contributed by atoms with van der Waals surface area (Å²) in [4.78, 5) is 16.9. The number of benzene rings is 1. The van der Waals surface area contributed by atoms with Crippen molar-refractivity contribution < 1.29 is 13.6 Å². The number of alkyl halides is 2. The predicted molar refractivity (Wildman–Crippen MR) is 96.2 cm³/mol. The van der Waals surface area contributed by atoms with E-state index in [-0.39, 0.29) is 5.91 Å². The van der Waals surface area contributed by atoms with Crippen LogP contribution in [0.25, 0.3) is 11.1 Å². The van der Waals surface area contributed by atoms with E-state index < -0.39 is 6.55 Å². The van der Waals surface area contributed by atoms with Crippen LogP contribution in [0.3, 0.4) is 0 Å². The van der Waals surface area contributed by atoms with Gasteiger partial charge in [-0.25, -0.2) is 4.68 Å². The third-order valence-electron chi connectivity index (χ3n) is 4.58. The van der Waals surface area contributed by atoms with Crippen molar-refractivity contribution in [1.82, 2.24) is 19.6 Å². The summed E-state index contributed by atoms with van der Waals surface area (Å²) >= 11 is 0. The van der Waals surface area contributed by atoms with Gasteiger partial charge in [0.05, 0.1) is 5.69 Å². The second kappa shape index (κ2) is 7.78. The van der Waals surface area contributed by atoms with Gasteiger partial charge in [0, 0.05) is 50.0 Å². The van der Waals surface area contributed by atoms with Crippen LogP contribution < -0.4 is 0 Å². The first-order valence-corrected chi connectivity index (χ1v) is 8.56. The summed E-state index contributed by atoms with van der Waals surface area (Å²) in [7, 11) is 0. The van der Waals surface area contributed by atoms with Crippen molar-refractivity contribution in [3.05, 3.63) is 54.4 Å². The Labute approximate surface area is 151 Å². The van der Waals surface area contributed by atoms with Crippen molar-refractivity contribution in [2.24, 2.45) is 0 Å². The molecule has 1 aromatic heterocycles. The minimum Gasteiger partial charge on any atom is -0.336 e. The highest BCUT2D eigenvalue weighted by Gasteiger charge is 2.22. The van der Waals surface area contributed by atoms with Gasteiger partial charge in [-0.3, -0.25) is 9.69 Å². The van der Waals surface area contributed by atoms with Gasteiger partial charge >= 0.3 is 6.55 Å². The Balaban J connectivity index is 1.77. The number of nitrogens with zero attached hydrogens (tertiary/aromatic N) is 4. The first-order chi connectivity index (χ1) is 12.5. The van der Waals surface area contributed by atoms with E-state index in [0.717, 1.165) is 19.6 Å². The number of carbonyl (C=O) groups excluding carboxylic acids is 1. The summed E-state index contributed by atoms with van der Waals surface area (Å²) < 4.78 is 26.3. The van der Waals surface area contributed by atoms with E-state index in [1.165, 1.54) is 6.20 Å². The number of carbonyl (C=O) groups is 1. The molecule has 3 rings (SSSR count). The van der Waals surface area contributed by atoms with Crippen LogP contribution in [0.2, 0.25) is 0 Å². The van der Waals surface area contributed by atoms with Crippen LogP contribution in [0.5, 0.6) is 0 Å². The fraction of sp³-hybridized carbons (Fsp3) is 0.368. The maximum Gasteiger partial charge on any atom is 0.333 e. The van der Waals surface area contributed by atoms with Gasteiger partial charge in [0.2, 0.25) is 0 Å². The minimum absolute atomic E-state index is 0.0380. The molecule has 0 atom stereocenters. The average Bonchev–Trinajstić information content (AvgIpc) is 3.04. The van der Waals surface area contributed by atoms with Crippen molar-refractivity contribution in [2.75, 3.05) is 32.7 Å². The van der Waals surface area contributed by atoms with Gasteiger partial charge in [-0.1, -0.05) is 18.2 Å². The third kappa shape index (κ3) is 3.83. The SMILES string of the molecule is C=CCN1CCN(C(=O)c2cccc(-c3cn(C(F)F)nc3C)c2)CC1. The second-order valence-electron chi connectivity index (χ2n) is 6.35. The number of piperazine rings is 1. The number of aryl methyl sites for hydroxylation is 1. The Hall–Kier alpha value is -2.54. The van der Waals surface area contributed by atoms with Gasteiger partial charge < -0.3 is 4.90 Å². The molecular formula is C19H22F2N4O. The molecule has 0 bridgehead atoms. The highest BCUT2D eigenvalue weighted by atomic mass is 19.3. The Kier molecular flexibility index (Phi) is 5.46. The molecule has 0 radical (unpaired) electrons. The summed E-state index contributed by atoms with van der Waals surface area (Å²) in [6, 6.07) is 7.08. The third-order valence-corrected chi connectivity index (χ3v) is 4.58. The van der Waals surface area contributed by atoms with E-state index in [9.17, 15) is 13.6 Å². The van der Waals surface area contributed by atoms with Crippen LogP contribution in [0.1, 0.15) is 22.6 Å². The molecule has 1 amide bonds. The molecule has 1 aliphatic rings. The lowest BCUT2D eigenvalue weighted by atomic mass is 10.0. The van der Waals surface area contributed by atoms with Gasteiger partial charge in [-0.05, 0) is 24.6 Å². The number of hydrogen-bond acceptors (Lipinski definition) is 3. The standard InChI is InChI=1S/C19H22F2N4O/c1-3-7-23-8-10-24(11-9-23)18(26)16-6-4-5-15(12-16)17-13-25(19(20)21)22-14(17)2/h3-6,12-13,19H,1,7-11H2,2H3. The molecular weight excluding hydrogens is 338 g/mol. The molecule has 2 aromatic rings. The van der Waals surface area contributed by atoms with E-state index in [1.807, 2.05) is 11.0 Å². The van der Waals surface area contributed by atoms with E-state index in [2.05, 4.69) is 16.6 Å². The number of rotatable bonds is 5. The van der Waals surface area contributed by atoms with E-state index in [1.54, 1.807) is 31.2 Å². The Morgan fingerprint density at radius 1 is 1.31 bits per heavy atom. The Morgan fingerprint density at radius 2 is 2.04 bits per heavy atom. The first-order valence-electron chi connectivity index (χ1n) is 8.56. The molecule has 0 N–H and O–H groups in total. The van der Waals surface area contributed by atoms with E-state index in [0.29, 0.717) is 40.2 Å². The Morgan fingerprint density at radius 3 is 2.65 bits per heavy atom. The molecule has 0 saturated carbocycles. The summed E-state index contributed by atoms with van der Waals surface area (Å²) in [5.41, 5.74) is 2.39. The molecule has 138 valence electrons. The monoisotopic (exact) mass is 360 g/mol. The molecule has 1 aliphatic heterocycles. The maximum absolute atomic E-state index is 12.8. The molecule has 1 aromatic carbocycles. The van der Waals surface area contributed by atoms with Crippen molar-refractivity contribution in [1.29, 1.82) is 0 Å². The first kappa shape index (κ1) is 18.3. The number of aromatic nitrogens is 2. The van der Waals surface area contributed by atoms with Crippen LogP contribution in [-0.4, -0.2) is 58.2 Å². The van der Waals surface area contributed by atoms with E-state index >= 15 is 0 Å². The van der Waals surface area contributed by atoms with Crippen LogP contribution in [-0.2, 0) is 0 Å². The summed E-state index contributed by atoms with van der Waals surface area (Å²) in [6.07, 6.45) is 3.18. The zero-order valence-corrected chi connectivity index (χ0v) is 14.7. The maximum atomic E-state index is 12.8. The molecule has 1 saturated heterocycles. The van der Waals surface area contributed by atoms with Crippen LogP contribution in [0.15, 0.2) is 43.1 Å². The van der Waals surface area contributed by atoms with Crippen molar-refractivity contribution >= 4 is 5.91 Å². The molecule has 5 nitrogen and oxygen atoms in total. The highest BCUT2D eigenvalue weighted by molar-refractivity contribution is 5.95. The lowest BCUT2D eigenvalue weighted by Crippen LogP contribution is -2.48. The van der Waals surface area contributed by atoms with Crippen LogP contribution in [0.4, 0.5) is 8.78 Å². The molecule has 0 unspecified atom stereocenters. The molecule has 0 aliphatic carbocycles. The highest BCUT2D eigenvalue weighted by Crippen LogP contribution is 2.26. The molecule has 1 fully saturated rings. The van der Waals surface area contributed by atoms with Crippen molar-refractivity contribution in [2.45, 2.75) is 13.5 Å². The summed E-state index contributed by atoms with van der Waals surface area (Å²) in [6.45, 7) is 6.53. The smallest absolute Gasteiger partial charge is 0.333 e. The van der Waals surface area contributed by atoms with Gasteiger partial charge in [0.25, 0.3) is 5.91 Å². The lowest BCUT2D eigenvalue weighted by molar-refractivity contribution is 0.0563. The molecule has 26 heavy (non-hydrogen) atoms. The fourth-order valence-corrected chi connectivity index (χ4v) is 3.18. The second-order valence-corrected chi connectivity index (χ2v) is 6.35. The number of hydrogen-bond donors (Lipinski definition) is 0. The normalized spacial score (nSPS) is 15.5. The topological polar surface area (TPSA) is 41.4 Å². The van der Waals surface area contributed by atoms with Crippen molar-refractivity contribution in [3.63, 3.8) is 0 Å². The number of halogens is 2. The zero-order valence-electron chi connectivity index (χ0n) is 14.7. The zero-order chi connectivity index (χ0) is 18.7. The van der Waals surface area contributed by atoms with Gasteiger partial charge in [-0.15, -0.1) is 6.58 Å². The lowest BCUT2D eigenvalue weighted by Gasteiger charge is -2.34. The van der Waals surface area contributed by atoms with Crippen LogP contribution in [0, 0.1) is 6.92 Å². The molecule has 7 heteroatoms.